The van der Waals surface area contributed by atoms with Gasteiger partial charge in [0.2, 0.25) is 10.0 Å². The maximum atomic E-state index is 12.9. The smallest absolute Gasteiger partial charge is 0.387 e. The average Bonchev–Trinajstić information content (AvgIpc) is 2.72. The first-order valence-corrected chi connectivity index (χ1v) is 11.1. The van der Waals surface area contributed by atoms with Crippen LogP contribution in [0.4, 0.5) is 8.78 Å². The Balaban J connectivity index is 1.67. The molecule has 0 radical (unpaired) electrons. The van der Waals surface area contributed by atoms with E-state index in [0.717, 1.165) is 0 Å². The van der Waals surface area contributed by atoms with Crippen molar-refractivity contribution in [2.45, 2.75) is 44.2 Å². The number of ether oxygens (including phenoxy) is 3. The van der Waals surface area contributed by atoms with Crippen molar-refractivity contribution < 1.29 is 36.2 Å². The second-order valence-corrected chi connectivity index (χ2v) is 9.10. The van der Waals surface area contributed by atoms with Gasteiger partial charge in [0.25, 0.3) is 0 Å². The number of halogens is 2. The van der Waals surface area contributed by atoms with E-state index < -0.39 is 22.6 Å². The third-order valence-electron chi connectivity index (χ3n) is 4.66. The lowest BCUT2D eigenvalue weighted by molar-refractivity contribution is -0.0510. The minimum absolute atomic E-state index is 0.0565. The van der Waals surface area contributed by atoms with E-state index >= 15 is 0 Å². The van der Waals surface area contributed by atoms with E-state index in [0.29, 0.717) is 0 Å². The molecule has 1 aliphatic heterocycles. The van der Waals surface area contributed by atoms with Gasteiger partial charge in [-0.25, -0.2) is 13.2 Å². The van der Waals surface area contributed by atoms with E-state index in [9.17, 15) is 22.0 Å². The van der Waals surface area contributed by atoms with Crippen LogP contribution in [0, 0.1) is 0 Å². The molecule has 10 heteroatoms. The van der Waals surface area contributed by atoms with E-state index in [1.165, 1.54) is 46.8 Å². The number of rotatable bonds is 7. The molecule has 31 heavy (non-hydrogen) atoms. The third kappa shape index (κ3) is 5.78. The van der Waals surface area contributed by atoms with Crippen LogP contribution in [0.1, 0.15) is 29.8 Å². The molecule has 2 atom stereocenters. The second-order valence-electron chi connectivity index (χ2n) is 7.17. The van der Waals surface area contributed by atoms with Crippen molar-refractivity contribution in [1.82, 2.24) is 4.31 Å². The predicted octanol–water partition coefficient (Wildman–Crippen LogP) is 3.44. The summed E-state index contributed by atoms with van der Waals surface area (Å²) in [7, 11) is -3.73. The summed E-state index contributed by atoms with van der Waals surface area (Å²) in [5.41, 5.74) is 0.417. The third-order valence-corrected chi connectivity index (χ3v) is 6.51. The molecule has 7 nitrogen and oxygen atoms in total. The van der Waals surface area contributed by atoms with Gasteiger partial charge in [-0.3, -0.25) is 0 Å². The first kappa shape index (κ1) is 23.1. The van der Waals surface area contributed by atoms with Gasteiger partial charge in [0.05, 0.1) is 22.7 Å². The summed E-state index contributed by atoms with van der Waals surface area (Å²) in [6.45, 7) is 0.839. The molecule has 1 fully saturated rings. The molecule has 0 spiro atoms. The van der Waals surface area contributed by atoms with Crippen molar-refractivity contribution in [1.29, 1.82) is 0 Å². The highest BCUT2D eigenvalue weighted by atomic mass is 32.2. The van der Waals surface area contributed by atoms with Crippen LogP contribution in [0.25, 0.3) is 0 Å². The molecule has 0 bridgehead atoms. The molecule has 2 unspecified atom stereocenters. The molecule has 0 aromatic heterocycles. The Bertz CT molecular complexity index is 1000. The number of morpholine rings is 1. The predicted molar refractivity (Wildman–Crippen MR) is 107 cm³/mol. The molecular weight excluding hydrogens is 432 g/mol. The first-order chi connectivity index (χ1) is 14.7. The molecule has 1 aliphatic rings. The van der Waals surface area contributed by atoms with Crippen LogP contribution < -0.4 is 4.74 Å². The fraction of sp³-hybridized carbons (Fsp3) is 0.381. The van der Waals surface area contributed by atoms with Gasteiger partial charge in [-0.1, -0.05) is 18.2 Å². The van der Waals surface area contributed by atoms with E-state index in [1.807, 2.05) is 13.8 Å². The average molecular weight is 455 g/mol. The summed E-state index contributed by atoms with van der Waals surface area (Å²) in [5.74, 6) is -0.801. The van der Waals surface area contributed by atoms with E-state index in [2.05, 4.69) is 4.74 Å². The number of alkyl halides is 2. The fourth-order valence-electron chi connectivity index (χ4n) is 3.30. The number of para-hydroxylation sites is 1. The van der Waals surface area contributed by atoms with Crippen molar-refractivity contribution in [3.63, 3.8) is 0 Å². The van der Waals surface area contributed by atoms with Crippen LogP contribution in [0.3, 0.4) is 0 Å². The largest absolute Gasteiger partial charge is 0.457 e. The van der Waals surface area contributed by atoms with Gasteiger partial charge in [0.15, 0.2) is 0 Å². The Morgan fingerprint density at radius 2 is 1.71 bits per heavy atom. The number of hydrogen-bond acceptors (Lipinski definition) is 6. The minimum atomic E-state index is -3.73. The maximum Gasteiger partial charge on any atom is 0.387 e. The lowest BCUT2D eigenvalue weighted by Gasteiger charge is -2.34. The Morgan fingerprint density at radius 3 is 2.32 bits per heavy atom. The van der Waals surface area contributed by atoms with Gasteiger partial charge >= 0.3 is 12.6 Å². The number of carbonyl (C=O) groups is 1. The molecule has 0 amide bonds. The SMILES string of the molecule is CC1CN(S(=O)(=O)c2ccc(C(=O)OCc3ccccc3OC(F)F)cc2)CC(C)O1. The van der Waals surface area contributed by atoms with Gasteiger partial charge < -0.3 is 14.2 Å². The van der Waals surface area contributed by atoms with Gasteiger partial charge in [-0.2, -0.15) is 13.1 Å². The normalized spacial score (nSPS) is 19.9. The van der Waals surface area contributed by atoms with Gasteiger partial charge in [-0.05, 0) is 44.2 Å². The summed E-state index contributed by atoms with van der Waals surface area (Å²) in [6, 6.07) is 11.4. The summed E-state index contributed by atoms with van der Waals surface area (Å²) in [5, 5.41) is 0. The zero-order chi connectivity index (χ0) is 22.6. The molecule has 0 aliphatic carbocycles. The minimum Gasteiger partial charge on any atom is -0.457 e. The molecule has 0 N–H and O–H groups in total. The van der Waals surface area contributed by atoms with E-state index in [1.54, 1.807) is 6.07 Å². The van der Waals surface area contributed by atoms with E-state index in [4.69, 9.17) is 9.47 Å². The van der Waals surface area contributed by atoms with Crippen molar-refractivity contribution in [2.24, 2.45) is 0 Å². The highest BCUT2D eigenvalue weighted by Crippen LogP contribution is 2.23. The number of benzene rings is 2. The van der Waals surface area contributed by atoms with Gasteiger partial charge in [0, 0.05) is 18.7 Å². The van der Waals surface area contributed by atoms with Gasteiger partial charge in [-0.15, -0.1) is 0 Å². The summed E-state index contributed by atoms with van der Waals surface area (Å²) in [4.78, 5) is 12.4. The maximum absolute atomic E-state index is 12.9. The number of esters is 1. The fourth-order valence-corrected chi connectivity index (χ4v) is 4.89. The first-order valence-electron chi connectivity index (χ1n) is 9.62. The Kier molecular flexibility index (Phi) is 7.24. The van der Waals surface area contributed by atoms with Crippen molar-refractivity contribution in [3.8, 4) is 5.75 Å². The quantitative estimate of drug-likeness (QED) is 0.595. The Hall–Kier alpha value is -2.56. The van der Waals surface area contributed by atoms with Crippen LogP contribution >= 0.6 is 0 Å². The molecule has 3 rings (SSSR count). The highest BCUT2D eigenvalue weighted by Gasteiger charge is 2.32. The van der Waals surface area contributed by atoms with Crippen molar-refractivity contribution >= 4 is 16.0 Å². The summed E-state index contributed by atoms with van der Waals surface area (Å²) >= 11 is 0. The molecular formula is C21H23F2NO6S. The van der Waals surface area contributed by atoms with Gasteiger partial charge in [0.1, 0.15) is 12.4 Å². The topological polar surface area (TPSA) is 82.1 Å². The van der Waals surface area contributed by atoms with Crippen LogP contribution in [-0.4, -0.2) is 50.6 Å². The second kappa shape index (κ2) is 9.71. The zero-order valence-corrected chi connectivity index (χ0v) is 17.8. The zero-order valence-electron chi connectivity index (χ0n) is 17.0. The van der Waals surface area contributed by atoms with Crippen LogP contribution in [0.5, 0.6) is 5.75 Å². The number of carbonyl (C=O) groups excluding carboxylic acids is 1. The Labute approximate surface area is 179 Å². The molecule has 2 aromatic carbocycles. The number of sulfonamides is 1. The van der Waals surface area contributed by atoms with E-state index in [-0.39, 0.29) is 53.7 Å². The highest BCUT2D eigenvalue weighted by molar-refractivity contribution is 7.89. The summed E-state index contributed by atoms with van der Waals surface area (Å²) in [6.07, 6.45) is -0.436. The van der Waals surface area contributed by atoms with Crippen molar-refractivity contribution in [3.05, 3.63) is 59.7 Å². The molecule has 1 heterocycles. The number of hydrogen-bond donors (Lipinski definition) is 0. The molecule has 168 valence electrons. The Morgan fingerprint density at radius 1 is 1.10 bits per heavy atom. The monoisotopic (exact) mass is 455 g/mol. The standard InChI is InChI=1S/C21H23F2NO6S/c1-14-11-24(12-15(2)29-14)31(26,27)18-9-7-16(8-10-18)20(25)28-13-17-5-3-4-6-19(17)30-21(22)23/h3-10,14-15,21H,11-13H2,1-2H3. The number of nitrogens with zero attached hydrogens (tertiary/aromatic N) is 1. The molecule has 2 aromatic rings. The molecule has 1 saturated heterocycles. The lowest BCUT2D eigenvalue weighted by atomic mass is 10.2. The molecule has 0 saturated carbocycles. The van der Waals surface area contributed by atoms with Crippen molar-refractivity contribution in [2.75, 3.05) is 13.1 Å². The van der Waals surface area contributed by atoms with Crippen LogP contribution in [0.2, 0.25) is 0 Å². The summed E-state index contributed by atoms with van der Waals surface area (Å²) < 4.78 is 67.2. The van der Waals surface area contributed by atoms with Crippen LogP contribution in [0.15, 0.2) is 53.4 Å². The van der Waals surface area contributed by atoms with Crippen LogP contribution in [-0.2, 0) is 26.1 Å². The lowest BCUT2D eigenvalue weighted by Crippen LogP contribution is -2.48.